The number of para-hydroxylation sites is 1. The number of benzene rings is 1. The highest BCUT2D eigenvalue weighted by Gasteiger charge is 2.22. The third kappa shape index (κ3) is 6.97. The molecule has 1 aromatic heterocycles. The van der Waals surface area contributed by atoms with Crippen molar-refractivity contribution in [2.75, 3.05) is 13.2 Å². The van der Waals surface area contributed by atoms with Crippen molar-refractivity contribution in [1.82, 2.24) is 25.4 Å². The molecule has 1 aliphatic rings. The number of fused-ring (bicyclic) bond motifs is 1. The van der Waals surface area contributed by atoms with E-state index >= 15 is 0 Å². The fourth-order valence-electron chi connectivity index (χ4n) is 3.94. The average molecular weight is 427 g/mol. The maximum Gasteiger partial charge on any atom is 0.192 e. The van der Waals surface area contributed by atoms with Crippen LogP contribution in [0, 0.1) is 5.92 Å². The van der Waals surface area contributed by atoms with Gasteiger partial charge in [0.25, 0.3) is 0 Å². The Bertz CT molecular complexity index is 831. The second kappa shape index (κ2) is 11.7. The Hall–Kier alpha value is -2.57. The van der Waals surface area contributed by atoms with Gasteiger partial charge in [0.1, 0.15) is 17.9 Å². The van der Waals surface area contributed by atoms with E-state index in [-0.39, 0.29) is 6.04 Å². The topological polar surface area (TPSA) is 76.4 Å². The molecule has 2 unspecified atom stereocenters. The van der Waals surface area contributed by atoms with Crippen LogP contribution in [-0.4, -0.2) is 39.9 Å². The van der Waals surface area contributed by atoms with Crippen LogP contribution in [0.3, 0.4) is 0 Å². The van der Waals surface area contributed by atoms with Crippen LogP contribution in [0.2, 0.25) is 0 Å². The van der Waals surface area contributed by atoms with Gasteiger partial charge in [0.05, 0.1) is 19.2 Å². The van der Waals surface area contributed by atoms with Crippen molar-refractivity contribution in [1.29, 1.82) is 0 Å². The SMILES string of the molecule is CCc1nncn1CCN=C(NC(C)CCCC(C)C)NC1CCOc2ccccc21. The van der Waals surface area contributed by atoms with Crippen LogP contribution in [-0.2, 0) is 13.0 Å². The number of aromatic nitrogens is 3. The molecule has 2 atom stereocenters. The lowest BCUT2D eigenvalue weighted by atomic mass is 10.0. The molecule has 0 saturated heterocycles. The number of guanidine groups is 1. The summed E-state index contributed by atoms with van der Waals surface area (Å²) < 4.78 is 7.91. The summed E-state index contributed by atoms with van der Waals surface area (Å²) in [6.45, 7) is 11.1. The summed E-state index contributed by atoms with van der Waals surface area (Å²) in [5.74, 6) is 3.57. The van der Waals surface area contributed by atoms with Crippen LogP contribution in [0.15, 0.2) is 35.6 Å². The average Bonchev–Trinajstić information content (AvgIpc) is 3.21. The van der Waals surface area contributed by atoms with Crippen LogP contribution >= 0.6 is 0 Å². The minimum absolute atomic E-state index is 0.195. The van der Waals surface area contributed by atoms with Gasteiger partial charge in [-0.25, -0.2) is 0 Å². The quantitative estimate of drug-likeness (QED) is 0.442. The first kappa shape index (κ1) is 23.1. The molecule has 170 valence electrons. The standard InChI is InChI=1S/C24H38N6O/c1-5-23-29-26-17-30(23)15-14-25-24(27-19(4)10-8-9-18(2)3)28-21-13-16-31-22-12-7-6-11-20(21)22/h6-7,11-12,17-19,21H,5,8-10,13-16H2,1-4H3,(H2,25,27,28). The van der Waals surface area contributed by atoms with Crippen molar-refractivity contribution in [3.8, 4) is 5.75 Å². The summed E-state index contributed by atoms with van der Waals surface area (Å²) in [6, 6.07) is 8.83. The Morgan fingerprint density at radius 2 is 2.10 bits per heavy atom. The van der Waals surface area contributed by atoms with Gasteiger partial charge in [-0.1, -0.05) is 51.8 Å². The molecule has 7 nitrogen and oxygen atoms in total. The summed E-state index contributed by atoms with van der Waals surface area (Å²) in [5, 5.41) is 15.5. The van der Waals surface area contributed by atoms with E-state index in [1.807, 2.05) is 12.1 Å². The van der Waals surface area contributed by atoms with Crippen LogP contribution in [0.4, 0.5) is 0 Å². The fraction of sp³-hybridized carbons (Fsp3) is 0.625. The van der Waals surface area contributed by atoms with Crippen LogP contribution in [0.1, 0.15) is 70.8 Å². The molecule has 0 radical (unpaired) electrons. The molecule has 0 saturated carbocycles. The van der Waals surface area contributed by atoms with Gasteiger partial charge >= 0.3 is 0 Å². The van der Waals surface area contributed by atoms with Gasteiger partial charge in [-0.2, -0.15) is 0 Å². The van der Waals surface area contributed by atoms with Crippen molar-refractivity contribution >= 4 is 5.96 Å². The van der Waals surface area contributed by atoms with Crippen molar-refractivity contribution in [3.05, 3.63) is 42.0 Å². The molecule has 1 aromatic carbocycles. The molecule has 1 aliphatic heterocycles. The first-order valence-corrected chi connectivity index (χ1v) is 11.7. The molecule has 0 amide bonds. The predicted molar refractivity (Wildman–Crippen MR) is 125 cm³/mol. The molecule has 31 heavy (non-hydrogen) atoms. The van der Waals surface area contributed by atoms with E-state index in [1.165, 1.54) is 18.4 Å². The smallest absolute Gasteiger partial charge is 0.192 e. The Morgan fingerprint density at radius 3 is 2.90 bits per heavy atom. The first-order valence-electron chi connectivity index (χ1n) is 11.7. The van der Waals surface area contributed by atoms with E-state index in [1.54, 1.807) is 6.33 Å². The second-order valence-electron chi connectivity index (χ2n) is 8.77. The lowest BCUT2D eigenvalue weighted by molar-refractivity contribution is 0.261. The summed E-state index contributed by atoms with van der Waals surface area (Å²) in [5.41, 5.74) is 1.20. The lowest BCUT2D eigenvalue weighted by Gasteiger charge is -2.29. The van der Waals surface area contributed by atoms with E-state index < -0.39 is 0 Å². The molecular weight excluding hydrogens is 388 g/mol. The zero-order valence-electron chi connectivity index (χ0n) is 19.5. The summed E-state index contributed by atoms with van der Waals surface area (Å²) in [4.78, 5) is 4.90. The zero-order valence-corrected chi connectivity index (χ0v) is 19.5. The van der Waals surface area contributed by atoms with Crippen LogP contribution in [0.25, 0.3) is 0 Å². The monoisotopic (exact) mass is 426 g/mol. The van der Waals surface area contributed by atoms with E-state index in [2.05, 4.69) is 65.2 Å². The van der Waals surface area contributed by atoms with Crippen LogP contribution in [0.5, 0.6) is 5.75 Å². The Labute approximate surface area is 186 Å². The highest BCUT2D eigenvalue weighted by molar-refractivity contribution is 5.80. The van der Waals surface area contributed by atoms with Gasteiger partial charge in [0, 0.05) is 31.0 Å². The first-order chi connectivity index (χ1) is 15.1. The fourth-order valence-corrected chi connectivity index (χ4v) is 3.94. The number of nitrogens with one attached hydrogen (secondary N) is 2. The zero-order chi connectivity index (χ0) is 22.1. The largest absolute Gasteiger partial charge is 0.493 e. The molecule has 0 spiro atoms. The van der Waals surface area contributed by atoms with Gasteiger partial charge in [-0.05, 0) is 25.3 Å². The molecule has 3 rings (SSSR count). The maximum atomic E-state index is 5.83. The molecule has 0 aliphatic carbocycles. The highest BCUT2D eigenvalue weighted by Crippen LogP contribution is 2.31. The van der Waals surface area contributed by atoms with Crippen molar-refractivity contribution in [2.45, 2.75) is 78.4 Å². The lowest BCUT2D eigenvalue weighted by Crippen LogP contribution is -2.45. The Balaban J connectivity index is 1.66. The van der Waals surface area contributed by atoms with Crippen molar-refractivity contribution < 1.29 is 4.74 Å². The van der Waals surface area contributed by atoms with Gasteiger partial charge in [-0.15, -0.1) is 10.2 Å². The summed E-state index contributed by atoms with van der Waals surface area (Å²) >= 11 is 0. The second-order valence-corrected chi connectivity index (χ2v) is 8.77. The highest BCUT2D eigenvalue weighted by atomic mass is 16.5. The Kier molecular flexibility index (Phi) is 8.74. The van der Waals surface area contributed by atoms with Crippen LogP contribution < -0.4 is 15.4 Å². The normalized spacial score (nSPS) is 17.2. The molecule has 2 N–H and O–H groups in total. The van der Waals surface area contributed by atoms with Crippen molar-refractivity contribution in [2.24, 2.45) is 10.9 Å². The number of rotatable bonds is 10. The number of aliphatic imine (C=N–C) groups is 1. The molecule has 2 heterocycles. The van der Waals surface area contributed by atoms with E-state index in [9.17, 15) is 0 Å². The predicted octanol–water partition coefficient (Wildman–Crippen LogP) is 4.11. The van der Waals surface area contributed by atoms with E-state index in [0.29, 0.717) is 19.2 Å². The van der Waals surface area contributed by atoms with E-state index in [0.717, 1.165) is 49.3 Å². The number of hydrogen-bond acceptors (Lipinski definition) is 4. The number of aryl methyl sites for hydroxylation is 1. The molecule has 0 fully saturated rings. The molecular formula is C24H38N6O. The summed E-state index contributed by atoms with van der Waals surface area (Å²) in [6.07, 6.45) is 7.20. The molecule has 7 heteroatoms. The van der Waals surface area contributed by atoms with Gasteiger partial charge in [0.2, 0.25) is 0 Å². The van der Waals surface area contributed by atoms with E-state index in [4.69, 9.17) is 9.73 Å². The minimum atomic E-state index is 0.195. The maximum absolute atomic E-state index is 5.83. The number of hydrogen-bond donors (Lipinski definition) is 2. The summed E-state index contributed by atoms with van der Waals surface area (Å²) in [7, 11) is 0. The third-order valence-corrected chi connectivity index (χ3v) is 5.69. The third-order valence-electron chi connectivity index (χ3n) is 5.69. The van der Waals surface area contributed by atoms with Gasteiger partial charge < -0.3 is 19.9 Å². The molecule has 0 bridgehead atoms. The van der Waals surface area contributed by atoms with Gasteiger partial charge in [0.15, 0.2) is 5.96 Å². The minimum Gasteiger partial charge on any atom is -0.493 e. The van der Waals surface area contributed by atoms with Crippen molar-refractivity contribution in [3.63, 3.8) is 0 Å². The van der Waals surface area contributed by atoms with Gasteiger partial charge in [-0.3, -0.25) is 4.99 Å². The Morgan fingerprint density at radius 1 is 1.26 bits per heavy atom. The number of ether oxygens (including phenoxy) is 1. The number of nitrogens with zero attached hydrogens (tertiary/aromatic N) is 4. The molecule has 2 aromatic rings.